The maximum absolute atomic E-state index is 13.5. The van der Waals surface area contributed by atoms with Crippen LogP contribution in [-0.2, 0) is 16.1 Å². The number of hydrogen-bond donors (Lipinski definition) is 0. The summed E-state index contributed by atoms with van der Waals surface area (Å²) in [5.74, 6) is 0.578. The highest BCUT2D eigenvalue weighted by Gasteiger charge is 2.32. The first-order valence-corrected chi connectivity index (χ1v) is 12.7. The zero-order valence-corrected chi connectivity index (χ0v) is 22.6. The maximum Gasteiger partial charge on any atom is 0.320 e. The Hall–Kier alpha value is -4.36. The van der Waals surface area contributed by atoms with E-state index in [1.165, 1.54) is 37.1 Å². The number of nitrogens with zero attached hydrogens (tertiary/aromatic N) is 5. The number of hydrogen-bond acceptors (Lipinski definition) is 11. The molecule has 0 bridgehead atoms. The van der Waals surface area contributed by atoms with Crippen LogP contribution in [0.2, 0.25) is 0 Å². The predicted molar refractivity (Wildman–Crippen MR) is 144 cm³/mol. The number of para-hydroxylation sites is 1. The molecule has 0 unspecified atom stereocenters. The molecule has 0 saturated heterocycles. The molecular weight excluding hydrogens is 526 g/mol. The minimum Gasteiger partial charge on any atom is -0.861 e. The van der Waals surface area contributed by atoms with Gasteiger partial charge in [0.2, 0.25) is 11.8 Å². The number of aliphatic imine (C=N–C) groups is 2. The van der Waals surface area contributed by atoms with Crippen LogP contribution in [0, 0.1) is 0 Å². The van der Waals surface area contributed by atoms with Gasteiger partial charge in [-0.15, -0.1) is 0 Å². The number of rotatable bonds is 11. The maximum atomic E-state index is 13.5. The first-order valence-electron chi connectivity index (χ1n) is 11.7. The summed E-state index contributed by atoms with van der Waals surface area (Å²) in [4.78, 5) is 23.5. The number of carbonyl (C=O) groups is 1. The van der Waals surface area contributed by atoms with E-state index in [4.69, 9.17) is 23.5 Å². The van der Waals surface area contributed by atoms with Crippen molar-refractivity contribution < 1.29 is 38.1 Å². The number of carbonyl (C=O) groups excluding carboxylic acids is 1. The fourth-order valence-corrected chi connectivity index (χ4v) is 4.40. The fraction of sp³-hybridized carbons (Fsp3) is 0.269. The Kier molecular flexibility index (Phi) is 9.18. The van der Waals surface area contributed by atoms with Crippen molar-refractivity contribution in [1.82, 2.24) is 5.27 Å². The zero-order chi connectivity index (χ0) is 27.8. The van der Waals surface area contributed by atoms with Gasteiger partial charge in [0.15, 0.2) is 16.7 Å². The molecule has 1 amide bonds. The zero-order valence-electron chi connectivity index (χ0n) is 21.8. The van der Waals surface area contributed by atoms with E-state index in [0.29, 0.717) is 46.8 Å². The first kappa shape index (κ1) is 27.7. The van der Waals surface area contributed by atoms with E-state index in [-0.39, 0.29) is 23.2 Å². The van der Waals surface area contributed by atoms with Gasteiger partial charge >= 0.3 is 5.88 Å². The fourth-order valence-electron chi connectivity index (χ4n) is 3.60. The minimum atomic E-state index is -0.475. The van der Waals surface area contributed by atoms with E-state index in [2.05, 4.69) is 15.3 Å². The standard InChI is InChI=1S/C26H27N5O7S/c1-34-11-10-30-15-24(38-29-30)28-23(32)16-39-26-27-19(25(33)31(26)18-8-6-5-7-9-18)12-17-13-21(36-3)22(37-4)14-20(17)35-2/h5-9,12-15H,10-11,16H2,1-4H3/b19-12+. The smallest absolute Gasteiger partial charge is 0.320 e. The molecule has 0 saturated carbocycles. The van der Waals surface area contributed by atoms with Gasteiger partial charge in [-0.1, -0.05) is 30.0 Å². The second-order valence-electron chi connectivity index (χ2n) is 7.94. The Morgan fingerprint density at radius 3 is 2.51 bits per heavy atom. The van der Waals surface area contributed by atoms with Crippen molar-refractivity contribution in [2.75, 3.05) is 45.7 Å². The SMILES string of the molecule is COCC[n+]1cc(/N=C(\[O-])CSC2=N/C(=C/c3cc(OC)c(OC)cc3OC)C(=O)N2c2ccccc2)on1. The topological polar surface area (TPSA) is 135 Å². The minimum absolute atomic E-state index is 0.0715. The Morgan fingerprint density at radius 1 is 1.10 bits per heavy atom. The third kappa shape index (κ3) is 6.56. The van der Waals surface area contributed by atoms with Crippen LogP contribution in [0.15, 0.2) is 68.9 Å². The average molecular weight is 554 g/mol. The predicted octanol–water partition coefficient (Wildman–Crippen LogP) is 2.20. The lowest BCUT2D eigenvalue weighted by Crippen LogP contribution is -2.36. The summed E-state index contributed by atoms with van der Waals surface area (Å²) in [7, 11) is 6.14. The summed E-state index contributed by atoms with van der Waals surface area (Å²) in [6.45, 7) is 0.901. The van der Waals surface area contributed by atoms with E-state index in [1.807, 2.05) is 18.2 Å². The Morgan fingerprint density at radius 2 is 1.82 bits per heavy atom. The van der Waals surface area contributed by atoms with Gasteiger partial charge in [-0.25, -0.2) is 9.98 Å². The Balaban J connectivity index is 1.62. The summed E-state index contributed by atoms with van der Waals surface area (Å²) < 4.78 is 27.8. The molecule has 0 radical (unpaired) electrons. The number of benzene rings is 2. The van der Waals surface area contributed by atoms with E-state index in [0.717, 1.165) is 11.8 Å². The van der Waals surface area contributed by atoms with Crippen molar-refractivity contribution in [3.63, 3.8) is 0 Å². The molecule has 13 heteroatoms. The molecule has 1 aromatic heterocycles. The number of anilines is 1. The largest absolute Gasteiger partial charge is 0.861 e. The summed E-state index contributed by atoms with van der Waals surface area (Å²) in [6.07, 6.45) is 3.11. The quantitative estimate of drug-likeness (QED) is 0.152. The Labute approximate surface area is 229 Å². The van der Waals surface area contributed by atoms with E-state index < -0.39 is 5.90 Å². The van der Waals surface area contributed by atoms with Gasteiger partial charge in [-0.05, 0) is 34.9 Å². The molecule has 1 aliphatic rings. The molecule has 0 fully saturated rings. The summed E-state index contributed by atoms with van der Waals surface area (Å²) in [5, 5.41) is 16.7. The highest BCUT2D eigenvalue weighted by molar-refractivity contribution is 8.14. The number of methoxy groups -OCH3 is 4. The van der Waals surface area contributed by atoms with Gasteiger partial charge in [0.25, 0.3) is 12.1 Å². The third-order valence-corrected chi connectivity index (χ3v) is 6.38. The molecule has 2 aromatic carbocycles. The van der Waals surface area contributed by atoms with Gasteiger partial charge in [-0.2, -0.15) is 0 Å². The number of amidine groups is 1. The second kappa shape index (κ2) is 12.9. The van der Waals surface area contributed by atoms with Crippen LogP contribution in [0.5, 0.6) is 17.2 Å². The number of ether oxygens (including phenoxy) is 4. The molecule has 0 spiro atoms. The number of amides is 1. The number of aromatic nitrogens is 2. The monoisotopic (exact) mass is 553 g/mol. The molecule has 39 heavy (non-hydrogen) atoms. The van der Waals surface area contributed by atoms with Crippen molar-refractivity contribution in [3.8, 4) is 17.2 Å². The third-order valence-electron chi connectivity index (χ3n) is 5.45. The lowest BCUT2D eigenvalue weighted by molar-refractivity contribution is -0.763. The summed E-state index contributed by atoms with van der Waals surface area (Å²) in [6, 6.07) is 12.4. The molecule has 4 rings (SSSR count). The molecule has 3 aromatic rings. The summed E-state index contributed by atoms with van der Waals surface area (Å²) in [5.41, 5.74) is 1.33. The second-order valence-corrected chi connectivity index (χ2v) is 8.88. The van der Waals surface area contributed by atoms with Crippen LogP contribution in [0.4, 0.5) is 11.6 Å². The average Bonchev–Trinajstić information content (AvgIpc) is 3.53. The highest BCUT2D eigenvalue weighted by atomic mass is 32.2. The van der Waals surface area contributed by atoms with Crippen LogP contribution in [0.1, 0.15) is 5.56 Å². The molecular formula is C26H27N5O7S. The van der Waals surface area contributed by atoms with Crippen molar-refractivity contribution in [2.45, 2.75) is 6.54 Å². The summed E-state index contributed by atoms with van der Waals surface area (Å²) >= 11 is 1.08. The van der Waals surface area contributed by atoms with Gasteiger partial charge in [-0.3, -0.25) is 14.2 Å². The molecule has 12 nitrogen and oxygen atoms in total. The Bertz CT molecular complexity index is 1400. The molecule has 0 aliphatic carbocycles. The van der Waals surface area contributed by atoms with Crippen LogP contribution < -0.4 is 28.9 Å². The normalized spacial score (nSPS) is 14.6. The lowest BCUT2D eigenvalue weighted by Gasteiger charge is -2.18. The van der Waals surface area contributed by atoms with Crippen LogP contribution in [0.25, 0.3) is 6.08 Å². The van der Waals surface area contributed by atoms with Crippen LogP contribution in [0.3, 0.4) is 0 Å². The van der Waals surface area contributed by atoms with Gasteiger partial charge in [0.05, 0.1) is 27.0 Å². The molecule has 1 aliphatic heterocycles. The molecule has 0 N–H and O–H groups in total. The van der Waals surface area contributed by atoms with Crippen molar-refractivity contribution in [2.24, 2.45) is 9.98 Å². The van der Waals surface area contributed by atoms with E-state index >= 15 is 0 Å². The van der Waals surface area contributed by atoms with Crippen molar-refractivity contribution in [3.05, 3.63) is 59.9 Å². The highest BCUT2D eigenvalue weighted by Crippen LogP contribution is 2.37. The molecule has 0 atom stereocenters. The van der Waals surface area contributed by atoms with Gasteiger partial charge in [0.1, 0.15) is 18.1 Å². The van der Waals surface area contributed by atoms with Crippen molar-refractivity contribution >= 4 is 46.4 Å². The lowest BCUT2D eigenvalue weighted by atomic mass is 10.1. The molecule has 2 heterocycles. The number of thioether (sulfide) groups is 1. The van der Waals surface area contributed by atoms with Gasteiger partial charge in [0, 0.05) is 24.5 Å². The van der Waals surface area contributed by atoms with E-state index in [9.17, 15) is 9.90 Å². The van der Waals surface area contributed by atoms with Crippen LogP contribution in [-0.4, -0.2) is 63.0 Å². The first-order chi connectivity index (χ1) is 19.0. The van der Waals surface area contributed by atoms with Crippen LogP contribution >= 0.6 is 11.8 Å². The van der Waals surface area contributed by atoms with Crippen molar-refractivity contribution in [1.29, 1.82) is 0 Å². The molecule has 204 valence electrons. The van der Waals surface area contributed by atoms with Gasteiger partial charge < -0.3 is 24.1 Å². The van der Waals surface area contributed by atoms with E-state index in [1.54, 1.807) is 37.5 Å².